The second-order valence-corrected chi connectivity index (χ2v) is 13.9. The lowest BCUT2D eigenvalue weighted by Gasteiger charge is -2.33. The van der Waals surface area contributed by atoms with Crippen molar-refractivity contribution in [2.75, 3.05) is 5.32 Å². The van der Waals surface area contributed by atoms with E-state index in [2.05, 4.69) is 42.8 Å². The zero-order chi connectivity index (χ0) is 30.3. The normalized spacial score (nSPS) is 15.3. The van der Waals surface area contributed by atoms with Gasteiger partial charge in [0.15, 0.2) is 0 Å². The fourth-order valence-corrected chi connectivity index (χ4v) is 7.50. The molecular weight excluding hydrogens is 577 g/mol. The lowest BCUT2D eigenvalue weighted by molar-refractivity contribution is 0.102. The number of aromatic nitrogens is 1. The number of halogens is 2. The van der Waals surface area contributed by atoms with Crippen LogP contribution < -0.4 is 5.32 Å². The van der Waals surface area contributed by atoms with Gasteiger partial charge in [-0.1, -0.05) is 68.8 Å². The zero-order valence-electron chi connectivity index (χ0n) is 24.9. The monoisotopic (exact) mass is 611 g/mol. The Morgan fingerprint density at radius 3 is 2.56 bits per heavy atom. The minimum Gasteiger partial charge on any atom is -0.340 e. The molecule has 1 amide bonds. The number of carbonyl (C=O) groups excluding carboxylic acids is 1. The van der Waals surface area contributed by atoms with Crippen LogP contribution in [0, 0.1) is 24.1 Å². The molecule has 0 fully saturated rings. The third kappa shape index (κ3) is 5.91. The van der Waals surface area contributed by atoms with Crippen LogP contribution in [0.15, 0.2) is 77.8 Å². The van der Waals surface area contributed by atoms with E-state index in [-0.39, 0.29) is 17.1 Å². The first-order chi connectivity index (χ1) is 20.6. The van der Waals surface area contributed by atoms with Crippen LogP contribution in [0.5, 0.6) is 0 Å². The minimum absolute atomic E-state index is 0.153. The molecule has 4 nitrogen and oxygen atoms in total. The van der Waals surface area contributed by atoms with E-state index in [1.165, 1.54) is 10.9 Å². The van der Waals surface area contributed by atoms with Gasteiger partial charge in [0.2, 0.25) is 0 Å². The van der Waals surface area contributed by atoms with Crippen molar-refractivity contribution >= 4 is 56.7 Å². The molecule has 1 aliphatic rings. The maximum atomic E-state index is 14.6. The maximum absolute atomic E-state index is 14.6. The molecule has 2 aromatic heterocycles. The average molecular weight is 612 g/mol. The molecule has 0 radical (unpaired) electrons. The summed E-state index contributed by atoms with van der Waals surface area (Å²) in [7, 11) is 0. The van der Waals surface area contributed by atoms with Gasteiger partial charge in [0, 0.05) is 49.5 Å². The van der Waals surface area contributed by atoms with Crippen LogP contribution in [-0.4, -0.2) is 16.7 Å². The summed E-state index contributed by atoms with van der Waals surface area (Å²) < 4.78 is 16.7. The van der Waals surface area contributed by atoms with Gasteiger partial charge in [0.25, 0.3) is 5.91 Å². The molecular formula is C36H35ClFN3OS. The number of fused-ring (bicyclic) bond motifs is 2. The molecule has 0 unspecified atom stereocenters. The molecule has 6 rings (SSSR count). The smallest absolute Gasteiger partial charge is 0.259 e. The van der Waals surface area contributed by atoms with Crippen LogP contribution in [0.4, 0.5) is 15.1 Å². The van der Waals surface area contributed by atoms with Gasteiger partial charge in [-0.3, -0.25) is 4.79 Å². The van der Waals surface area contributed by atoms with Crippen LogP contribution in [0.3, 0.4) is 0 Å². The van der Waals surface area contributed by atoms with E-state index in [9.17, 15) is 9.18 Å². The van der Waals surface area contributed by atoms with Crippen molar-refractivity contribution in [3.63, 3.8) is 0 Å². The number of hydrogen-bond donors (Lipinski definition) is 1. The second-order valence-electron chi connectivity index (χ2n) is 12.4. The molecule has 43 heavy (non-hydrogen) atoms. The van der Waals surface area contributed by atoms with Crippen molar-refractivity contribution in [1.29, 1.82) is 0 Å². The molecule has 0 aliphatic heterocycles. The minimum atomic E-state index is -0.219. The van der Waals surface area contributed by atoms with E-state index in [4.69, 9.17) is 16.6 Å². The molecule has 220 valence electrons. The van der Waals surface area contributed by atoms with Gasteiger partial charge in [0.05, 0.1) is 12.1 Å². The molecule has 1 atom stereocenters. The van der Waals surface area contributed by atoms with Crippen molar-refractivity contribution in [2.45, 2.75) is 53.5 Å². The number of rotatable bonds is 6. The van der Waals surface area contributed by atoms with E-state index in [1.54, 1.807) is 29.5 Å². The number of hydrogen-bond acceptors (Lipinski definition) is 3. The summed E-state index contributed by atoms with van der Waals surface area (Å²) >= 11 is 7.70. The third-order valence-corrected chi connectivity index (χ3v) is 10.1. The highest BCUT2D eigenvalue weighted by Gasteiger charge is 2.33. The molecule has 2 heterocycles. The Morgan fingerprint density at radius 1 is 1.09 bits per heavy atom. The Labute approximate surface area is 261 Å². The SMILES string of the molecule is Cc1c(C=Nc2sc3c(c2C(=O)Nc2ccc(Cl)cc2)CC[C@H](C(C)(C)C)C3)c2ccccc2n1Cc1ccccc1F. The Balaban J connectivity index is 1.41. The summed E-state index contributed by atoms with van der Waals surface area (Å²) in [5.41, 5.74) is 6.27. The quantitative estimate of drug-likeness (QED) is 0.191. The van der Waals surface area contributed by atoms with Gasteiger partial charge in [-0.25, -0.2) is 9.38 Å². The molecule has 0 bridgehead atoms. The number of anilines is 1. The van der Waals surface area contributed by atoms with E-state index in [0.717, 1.165) is 52.0 Å². The van der Waals surface area contributed by atoms with Gasteiger partial charge in [-0.05, 0) is 79.5 Å². The molecule has 1 aliphatic carbocycles. The Morgan fingerprint density at radius 2 is 1.81 bits per heavy atom. The van der Waals surface area contributed by atoms with Crippen LogP contribution in [0.1, 0.15) is 64.8 Å². The van der Waals surface area contributed by atoms with Crippen molar-refractivity contribution < 1.29 is 9.18 Å². The van der Waals surface area contributed by atoms with Gasteiger partial charge in [-0.15, -0.1) is 11.3 Å². The molecule has 7 heteroatoms. The van der Waals surface area contributed by atoms with Gasteiger partial charge >= 0.3 is 0 Å². The molecule has 1 N–H and O–H groups in total. The van der Waals surface area contributed by atoms with E-state index < -0.39 is 0 Å². The van der Waals surface area contributed by atoms with Crippen molar-refractivity contribution in [2.24, 2.45) is 16.3 Å². The Bertz CT molecular complexity index is 1850. The number of para-hydroxylation sites is 1. The number of amides is 1. The molecule has 0 saturated carbocycles. The molecule has 0 saturated heterocycles. The molecule has 5 aromatic rings. The summed E-state index contributed by atoms with van der Waals surface area (Å²) in [6.45, 7) is 9.35. The topological polar surface area (TPSA) is 46.4 Å². The molecule has 0 spiro atoms. The summed E-state index contributed by atoms with van der Waals surface area (Å²) in [6.07, 6.45) is 4.72. The maximum Gasteiger partial charge on any atom is 0.259 e. The van der Waals surface area contributed by atoms with E-state index >= 15 is 0 Å². The number of carbonyl (C=O) groups is 1. The first-order valence-corrected chi connectivity index (χ1v) is 15.9. The fourth-order valence-electron chi connectivity index (χ4n) is 6.11. The number of thiophene rings is 1. The van der Waals surface area contributed by atoms with Gasteiger partial charge in [-0.2, -0.15) is 0 Å². The summed E-state index contributed by atoms with van der Waals surface area (Å²) in [4.78, 5) is 20.1. The first kappa shape index (κ1) is 29.3. The van der Waals surface area contributed by atoms with Crippen LogP contribution in [0.25, 0.3) is 10.9 Å². The summed E-state index contributed by atoms with van der Waals surface area (Å²) in [5.74, 6) is 0.171. The average Bonchev–Trinajstić information content (AvgIpc) is 3.48. The number of nitrogens with zero attached hydrogens (tertiary/aromatic N) is 2. The summed E-state index contributed by atoms with van der Waals surface area (Å²) in [6, 6.07) is 22.2. The second kappa shape index (κ2) is 11.7. The standard InChI is InChI=1S/C36H35ClFN3OS/c1-22-29(27-10-6-8-12-31(27)41(22)21-23-9-5-7-11-30(23)38)20-39-35-33(34(42)40-26-16-14-25(37)15-17-26)28-18-13-24(36(2,3)4)19-32(28)43-35/h5-12,14-17,20,24H,13,18-19,21H2,1-4H3,(H,40,42)/t24-/m0/s1. The van der Waals surface area contributed by atoms with E-state index in [1.807, 2.05) is 49.5 Å². The van der Waals surface area contributed by atoms with Crippen molar-refractivity contribution in [3.05, 3.63) is 116 Å². The highest BCUT2D eigenvalue weighted by Crippen LogP contribution is 2.45. The number of benzene rings is 3. The number of nitrogens with one attached hydrogen (secondary N) is 1. The lowest BCUT2D eigenvalue weighted by Crippen LogP contribution is -2.27. The highest BCUT2D eigenvalue weighted by molar-refractivity contribution is 7.16. The third-order valence-electron chi connectivity index (χ3n) is 8.68. The van der Waals surface area contributed by atoms with Gasteiger partial charge < -0.3 is 9.88 Å². The van der Waals surface area contributed by atoms with Crippen LogP contribution in [0.2, 0.25) is 5.02 Å². The van der Waals surface area contributed by atoms with Crippen molar-refractivity contribution in [1.82, 2.24) is 4.57 Å². The van der Waals surface area contributed by atoms with Crippen molar-refractivity contribution in [3.8, 4) is 0 Å². The molecule has 3 aromatic carbocycles. The predicted molar refractivity (Wildman–Crippen MR) is 178 cm³/mol. The zero-order valence-corrected chi connectivity index (χ0v) is 26.5. The highest BCUT2D eigenvalue weighted by atomic mass is 35.5. The van der Waals surface area contributed by atoms with Crippen LogP contribution in [-0.2, 0) is 19.4 Å². The predicted octanol–water partition coefficient (Wildman–Crippen LogP) is 10.0. The fraction of sp³-hybridized carbons (Fsp3) is 0.278. The Hall–Kier alpha value is -3.74. The van der Waals surface area contributed by atoms with E-state index in [0.29, 0.717) is 34.3 Å². The summed E-state index contributed by atoms with van der Waals surface area (Å²) in [5, 5.41) is 5.46. The lowest BCUT2D eigenvalue weighted by atomic mass is 9.72. The first-order valence-electron chi connectivity index (χ1n) is 14.7. The Kier molecular flexibility index (Phi) is 8.01. The van der Waals surface area contributed by atoms with Crippen LogP contribution >= 0.6 is 22.9 Å². The number of aliphatic imine (C=N–C) groups is 1. The largest absolute Gasteiger partial charge is 0.340 e. The van der Waals surface area contributed by atoms with Gasteiger partial charge in [0.1, 0.15) is 10.8 Å².